The van der Waals surface area contributed by atoms with Gasteiger partial charge in [-0.25, -0.2) is 18.4 Å². The summed E-state index contributed by atoms with van der Waals surface area (Å²) in [7, 11) is -3.57. The van der Waals surface area contributed by atoms with Crippen molar-refractivity contribution in [1.29, 1.82) is 0 Å². The molecule has 1 aliphatic rings. The number of piperazine rings is 1. The highest BCUT2D eigenvalue weighted by molar-refractivity contribution is 7.89. The minimum Gasteiger partial charge on any atom is -0.354 e. The van der Waals surface area contributed by atoms with Crippen molar-refractivity contribution >= 4 is 33.5 Å². The quantitative estimate of drug-likeness (QED) is 0.776. The molecular formula is C17H20ClN5O3S. The number of amides is 1. The van der Waals surface area contributed by atoms with Gasteiger partial charge in [-0.05, 0) is 30.3 Å². The maximum atomic E-state index is 12.7. The van der Waals surface area contributed by atoms with Gasteiger partial charge in [0.05, 0.1) is 4.90 Å². The van der Waals surface area contributed by atoms with Crippen LogP contribution in [-0.4, -0.2) is 66.2 Å². The first-order valence-corrected chi connectivity index (χ1v) is 10.3. The zero-order chi connectivity index (χ0) is 19.3. The van der Waals surface area contributed by atoms with Gasteiger partial charge < -0.3 is 10.2 Å². The smallest absolute Gasteiger partial charge is 0.243 e. The second-order valence-electron chi connectivity index (χ2n) is 5.99. The fraction of sp³-hybridized carbons (Fsp3) is 0.353. The van der Waals surface area contributed by atoms with E-state index in [1.165, 1.54) is 16.4 Å². The van der Waals surface area contributed by atoms with Gasteiger partial charge in [0.2, 0.25) is 21.9 Å². The lowest BCUT2D eigenvalue weighted by Crippen LogP contribution is -2.50. The first kappa shape index (κ1) is 19.5. The monoisotopic (exact) mass is 409 g/mol. The predicted octanol–water partition coefficient (Wildman–Crippen LogP) is 1.47. The molecule has 1 aromatic carbocycles. The molecule has 1 fully saturated rings. The molecule has 0 saturated carbocycles. The molecule has 3 rings (SSSR count). The third-order valence-corrected chi connectivity index (χ3v) is 6.40. The summed E-state index contributed by atoms with van der Waals surface area (Å²) < 4.78 is 26.7. The zero-order valence-corrected chi connectivity index (χ0v) is 16.2. The predicted molar refractivity (Wildman–Crippen MR) is 102 cm³/mol. The number of carbonyl (C=O) groups excluding carboxylic acids is 1. The third kappa shape index (κ3) is 4.94. The van der Waals surface area contributed by atoms with E-state index in [0.29, 0.717) is 37.0 Å². The molecule has 27 heavy (non-hydrogen) atoms. The van der Waals surface area contributed by atoms with E-state index in [9.17, 15) is 13.2 Å². The molecule has 2 aromatic rings. The standard InChI is InChI=1S/C17H20ClN5O3S/c18-14-2-4-15(5-3-14)27(25,26)23-12-10-22(11-13-23)16(24)6-9-21-17-19-7-1-8-20-17/h1-5,7-8H,6,9-13H2,(H,19,20,21). The van der Waals surface area contributed by atoms with Gasteiger partial charge >= 0.3 is 0 Å². The van der Waals surface area contributed by atoms with Gasteiger partial charge in [-0.3, -0.25) is 4.79 Å². The van der Waals surface area contributed by atoms with Crippen molar-refractivity contribution < 1.29 is 13.2 Å². The summed E-state index contributed by atoms with van der Waals surface area (Å²) in [5, 5.41) is 3.47. The maximum Gasteiger partial charge on any atom is 0.243 e. The topological polar surface area (TPSA) is 95.5 Å². The summed E-state index contributed by atoms with van der Waals surface area (Å²) >= 11 is 5.82. The molecule has 0 spiro atoms. The highest BCUT2D eigenvalue weighted by Crippen LogP contribution is 2.20. The number of rotatable bonds is 6. The SMILES string of the molecule is O=C(CCNc1ncccn1)N1CCN(S(=O)(=O)c2ccc(Cl)cc2)CC1. The van der Waals surface area contributed by atoms with Crippen LogP contribution in [0.3, 0.4) is 0 Å². The molecular weight excluding hydrogens is 390 g/mol. The lowest BCUT2D eigenvalue weighted by molar-refractivity contribution is -0.132. The molecule has 0 unspecified atom stereocenters. The Kier molecular flexibility index (Phi) is 6.25. The second-order valence-corrected chi connectivity index (χ2v) is 8.36. The van der Waals surface area contributed by atoms with Crippen molar-refractivity contribution in [2.75, 3.05) is 38.0 Å². The van der Waals surface area contributed by atoms with E-state index in [1.54, 1.807) is 35.5 Å². The molecule has 0 bridgehead atoms. The molecule has 1 saturated heterocycles. The van der Waals surface area contributed by atoms with Crippen molar-refractivity contribution in [3.63, 3.8) is 0 Å². The average molecular weight is 410 g/mol. The van der Waals surface area contributed by atoms with E-state index >= 15 is 0 Å². The summed E-state index contributed by atoms with van der Waals surface area (Å²) in [6.07, 6.45) is 3.54. The highest BCUT2D eigenvalue weighted by atomic mass is 35.5. The van der Waals surface area contributed by atoms with Crippen LogP contribution in [0.5, 0.6) is 0 Å². The summed E-state index contributed by atoms with van der Waals surface area (Å²) in [5.74, 6) is 0.450. The summed E-state index contributed by atoms with van der Waals surface area (Å²) in [6, 6.07) is 7.81. The van der Waals surface area contributed by atoms with Crippen LogP contribution in [0, 0.1) is 0 Å². The molecule has 1 aromatic heterocycles. The van der Waals surface area contributed by atoms with Gasteiger partial charge in [0, 0.05) is 56.6 Å². The number of sulfonamides is 1. The van der Waals surface area contributed by atoms with E-state index in [0.717, 1.165) is 0 Å². The van der Waals surface area contributed by atoms with Crippen LogP contribution in [0.15, 0.2) is 47.6 Å². The normalized spacial score (nSPS) is 15.5. The Hall–Kier alpha value is -2.23. The van der Waals surface area contributed by atoms with Crippen LogP contribution in [0.2, 0.25) is 5.02 Å². The lowest BCUT2D eigenvalue weighted by Gasteiger charge is -2.34. The lowest BCUT2D eigenvalue weighted by atomic mass is 10.3. The number of hydrogen-bond acceptors (Lipinski definition) is 6. The Labute approximate surface area is 163 Å². The van der Waals surface area contributed by atoms with E-state index in [-0.39, 0.29) is 23.9 Å². The van der Waals surface area contributed by atoms with Crippen LogP contribution >= 0.6 is 11.6 Å². The molecule has 8 nitrogen and oxygen atoms in total. The second kappa shape index (κ2) is 8.64. The Morgan fingerprint density at radius 2 is 1.70 bits per heavy atom. The molecule has 144 valence electrons. The molecule has 0 atom stereocenters. The molecule has 1 N–H and O–H groups in total. The number of hydrogen-bond donors (Lipinski definition) is 1. The summed E-state index contributed by atoms with van der Waals surface area (Å²) in [6.45, 7) is 1.70. The van der Waals surface area contributed by atoms with Crippen LogP contribution < -0.4 is 5.32 Å². The van der Waals surface area contributed by atoms with Crippen molar-refractivity contribution in [1.82, 2.24) is 19.2 Å². The zero-order valence-electron chi connectivity index (χ0n) is 14.6. The Morgan fingerprint density at radius 1 is 1.07 bits per heavy atom. The number of halogens is 1. The van der Waals surface area contributed by atoms with Gasteiger partial charge in [-0.2, -0.15) is 4.31 Å². The van der Waals surface area contributed by atoms with Gasteiger partial charge in [0.25, 0.3) is 0 Å². The van der Waals surface area contributed by atoms with Crippen LogP contribution in [0.1, 0.15) is 6.42 Å². The molecule has 2 heterocycles. The molecule has 0 radical (unpaired) electrons. The third-order valence-electron chi connectivity index (χ3n) is 4.23. The van der Waals surface area contributed by atoms with Gasteiger partial charge in [0.1, 0.15) is 0 Å². The number of anilines is 1. The minimum absolute atomic E-state index is 0.0260. The number of carbonyl (C=O) groups is 1. The molecule has 0 aliphatic carbocycles. The van der Waals surface area contributed by atoms with Crippen LogP contribution in [0.4, 0.5) is 5.95 Å². The van der Waals surface area contributed by atoms with Crippen molar-refractivity contribution in [2.45, 2.75) is 11.3 Å². The van der Waals surface area contributed by atoms with Gasteiger partial charge in [0.15, 0.2) is 0 Å². The number of benzene rings is 1. The first-order valence-electron chi connectivity index (χ1n) is 8.51. The van der Waals surface area contributed by atoms with Crippen molar-refractivity contribution in [2.24, 2.45) is 0 Å². The number of nitrogens with zero attached hydrogens (tertiary/aromatic N) is 4. The van der Waals surface area contributed by atoms with Crippen LogP contribution in [-0.2, 0) is 14.8 Å². The van der Waals surface area contributed by atoms with E-state index in [1.807, 2.05) is 0 Å². The van der Waals surface area contributed by atoms with E-state index < -0.39 is 10.0 Å². The molecule has 1 aliphatic heterocycles. The summed E-state index contributed by atoms with van der Waals surface area (Å²) in [4.78, 5) is 22.3. The average Bonchev–Trinajstić information content (AvgIpc) is 2.69. The van der Waals surface area contributed by atoms with Crippen molar-refractivity contribution in [3.8, 4) is 0 Å². The fourth-order valence-electron chi connectivity index (χ4n) is 2.76. The number of aromatic nitrogens is 2. The fourth-order valence-corrected chi connectivity index (χ4v) is 4.31. The van der Waals surface area contributed by atoms with E-state index in [4.69, 9.17) is 11.6 Å². The first-order chi connectivity index (χ1) is 13.0. The summed E-state index contributed by atoms with van der Waals surface area (Å²) in [5.41, 5.74) is 0. The minimum atomic E-state index is -3.57. The highest BCUT2D eigenvalue weighted by Gasteiger charge is 2.29. The Balaban J connectivity index is 1.49. The van der Waals surface area contributed by atoms with Gasteiger partial charge in [-0.15, -0.1) is 0 Å². The number of nitrogens with one attached hydrogen (secondary N) is 1. The largest absolute Gasteiger partial charge is 0.354 e. The van der Waals surface area contributed by atoms with Crippen molar-refractivity contribution in [3.05, 3.63) is 47.7 Å². The van der Waals surface area contributed by atoms with Crippen LogP contribution in [0.25, 0.3) is 0 Å². The molecule has 10 heteroatoms. The molecule has 1 amide bonds. The Bertz CT molecular complexity index is 869. The van der Waals surface area contributed by atoms with Gasteiger partial charge in [-0.1, -0.05) is 11.6 Å². The Morgan fingerprint density at radius 3 is 2.33 bits per heavy atom. The van der Waals surface area contributed by atoms with E-state index in [2.05, 4.69) is 15.3 Å². The maximum absolute atomic E-state index is 12.7.